The predicted octanol–water partition coefficient (Wildman–Crippen LogP) is 4.13. The van der Waals surface area contributed by atoms with Gasteiger partial charge < -0.3 is 19.1 Å². The molecular formula is C20H19ClN2O4S. The largest absolute Gasteiger partial charge is 0.493 e. The third-order valence-corrected chi connectivity index (χ3v) is 5.23. The molecule has 0 unspecified atom stereocenters. The van der Waals surface area contributed by atoms with E-state index in [0.29, 0.717) is 27.8 Å². The first-order valence-electron chi connectivity index (χ1n) is 8.53. The highest BCUT2D eigenvalue weighted by molar-refractivity contribution is 8.16. The highest BCUT2D eigenvalue weighted by Gasteiger charge is 2.38. The fourth-order valence-corrected chi connectivity index (χ4v) is 4.11. The molecule has 28 heavy (non-hydrogen) atoms. The summed E-state index contributed by atoms with van der Waals surface area (Å²) in [5.74, 6) is 2.78. The lowest BCUT2D eigenvalue weighted by Crippen LogP contribution is -2.34. The number of methoxy groups -OCH3 is 1. The Morgan fingerprint density at radius 2 is 2.25 bits per heavy atom. The number of nitrogens with zero attached hydrogens (tertiary/aromatic N) is 2. The Morgan fingerprint density at radius 1 is 1.46 bits per heavy atom. The molecule has 0 N–H and O–H groups in total. The van der Waals surface area contributed by atoms with Crippen molar-refractivity contribution in [2.75, 3.05) is 20.3 Å². The molecule has 8 heteroatoms. The van der Waals surface area contributed by atoms with Gasteiger partial charge in [0.25, 0.3) is 0 Å². The van der Waals surface area contributed by atoms with Gasteiger partial charge in [0.05, 0.1) is 36.1 Å². The van der Waals surface area contributed by atoms with Crippen LogP contribution in [0.4, 0.5) is 0 Å². The molecule has 0 bridgehead atoms. The molecule has 1 aromatic carbocycles. The molecule has 146 valence electrons. The molecule has 0 fully saturated rings. The van der Waals surface area contributed by atoms with Crippen molar-refractivity contribution in [2.45, 2.75) is 19.9 Å². The minimum absolute atomic E-state index is 0.0637. The molecule has 2 aliphatic heterocycles. The fraction of sp³-hybridized carbons (Fsp3) is 0.300. The zero-order valence-corrected chi connectivity index (χ0v) is 17.3. The van der Waals surface area contributed by atoms with Crippen molar-refractivity contribution in [3.8, 4) is 23.8 Å². The topological polar surface area (TPSA) is 60.4 Å². The molecule has 0 spiro atoms. The Balaban J connectivity index is 2.12. The molecule has 1 aromatic rings. The molecule has 0 aromatic heterocycles. The average Bonchev–Trinajstić information content (AvgIpc) is 3.13. The van der Waals surface area contributed by atoms with Gasteiger partial charge in [0.15, 0.2) is 16.7 Å². The van der Waals surface area contributed by atoms with Crippen LogP contribution in [0.2, 0.25) is 5.02 Å². The van der Waals surface area contributed by atoms with Gasteiger partial charge in [0.2, 0.25) is 0 Å². The van der Waals surface area contributed by atoms with Gasteiger partial charge in [0, 0.05) is 6.20 Å². The second-order valence-electron chi connectivity index (χ2n) is 5.85. The fourth-order valence-electron chi connectivity index (χ4n) is 3.05. The average molecular weight is 419 g/mol. The number of thioether (sulfide) groups is 1. The number of hydrogen-bond acceptors (Lipinski definition) is 7. The van der Waals surface area contributed by atoms with Crippen molar-refractivity contribution >= 4 is 34.5 Å². The minimum Gasteiger partial charge on any atom is -0.493 e. The zero-order chi connectivity index (χ0) is 20.3. The third kappa shape index (κ3) is 3.71. The number of carbonyl (C=O) groups excluding carboxylic acids is 1. The van der Waals surface area contributed by atoms with Crippen LogP contribution in [0.15, 0.2) is 40.0 Å². The van der Waals surface area contributed by atoms with E-state index in [9.17, 15) is 4.79 Å². The first-order valence-corrected chi connectivity index (χ1v) is 9.79. The maximum Gasteiger partial charge on any atom is 0.338 e. The van der Waals surface area contributed by atoms with Gasteiger partial charge in [-0.1, -0.05) is 29.3 Å². The number of benzene rings is 1. The lowest BCUT2D eigenvalue weighted by Gasteiger charge is -2.33. The summed E-state index contributed by atoms with van der Waals surface area (Å²) in [6.45, 7) is 3.90. The Hall–Kier alpha value is -2.56. The summed E-state index contributed by atoms with van der Waals surface area (Å²) in [6.07, 6.45) is 7.15. The maximum absolute atomic E-state index is 12.7. The second kappa shape index (κ2) is 8.63. The molecule has 0 saturated carbocycles. The first kappa shape index (κ1) is 20.2. The summed E-state index contributed by atoms with van der Waals surface area (Å²) < 4.78 is 16.3. The highest BCUT2D eigenvalue weighted by atomic mass is 35.5. The molecule has 0 radical (unpaired) electrons. The molecule has 0 saturated heterocycles. The number of esters is 1. The number of aliphatic imine (C=N–C) groups is 1. The van der Waals surface area contributed by atoms with E-state index in [2.05, 4.69) is 10.9 Å². The van der Waals surface area contributed by atoms with Gasteiger partial charge in [-0.3, -0.25) is 0 Å². The van der Waals surface area contributed by atoms with Gasteiger partial charge >= 0.3 is 5.97 Å². The smallest absolute Gasteiger partial charge is 0.338 e. The summed E-state index contributed by atoms with van der Waals surface area (Å²) in [5.41, 5.74) is 1.80. The number of halogens is 1. The Bertz CT molecular complexity index is 933. The number of hydrogen-bond donors (Lipinski definition) is 0. The van der Waals surface area contributed by atoms with Gasteiger partial charge in [-0.25, -0.2) is 9.79 Å². The Morgan fingerprint density at radius 3 is 2.93 bits per heavy atom. The Kier molecular flexibility index (Phi) is 6.22. The molecule has 0 amide bonds. The van der Waals surface area contributed by atoms with E-state index < -0.39 is 12.0 Å². The summed E-state index contributed by atoms with van der Waals surface area (Å²) in [5, 5.41) is 3.03. The van der Waals surface area contributed by atoms with Crippen LogP contribution in [-0.4, -0.2) is 36.4 Å². The van der Waals surface area contributed by atoms with Crippen LogP contribution in [0.25, 0.3) is 0 Å². The molecule has 0 aliphatic carbocycles. The molecule has 2 aliphatic rings. The standard InChI is InChI=1S/C20H19ClN2O4S/c1-5-8-27-18-14(21)10-13(11-15(18)25-4)17-16(19(24)26-6-2)12(3)22-20-23(17)7-9-28-20/h1,7,9-11,17H,6,8H2,2-4H3/t17-/m1/s1. The number of terminal acetylenes is 1. The monoisotopic (exact) mass is 418 g/mol. The van der Waals surface area contributed by atoms with Crippen molar-refractivity contribution in [1.29, 1.82) is 0 Å². The number of carbonyl (C=O) groups is 1. The second-order valence-corrected chi connectivity index (χ2v) is 7.13. The lowest BCUT2D eigenvalue weighted by molar-refractivity contribution is -0.139. The van der Waals surface area contributed by atoms with Crippen molar-refractivity contribution in [2.24, 2.45) is 4.99 Å². The van der Waals surface area contributed by atoms with Crippen LogP contribution < -0.4 is 9.47 Å². The lowest BCUT2D eigenvalue weighted by atomic mass is 9.94. The van der Waals surface area contributed by atoms with Crippen molar-refractivity contribution in [1.82, 2.24) is 4.90 Å². The van der Waals surface area contributed by atoms with E-state index in [1.54, 1.807) is 26.0 Å². The van der Waals surface area contributed by atoms with Gasteiger partial charge in [-0.2, -0.15) is 0 Å². The van der Waals surface area contributed by atoms with Gasteiger partial charge in [-0.15, -0.1) is 6.42 Å². The van der Waals surface area contributed by atoms with Crippen molar-refractivity contribution in [3.63, 3.8) is 0 Å². The predicted molar refractivity (Wildman–Crippen MR) is 110 cm³/mol. The van der Waals surface area contributed by atoms with Gasteiger partial charge in [0.1, 0.15) is 6.61 Å². The third-order valence-electron chi connectivity index (χ3n) is 4.18. The number of amidine groups is 1. The number of rotatable bonds is 6. The SMILES string of the molecule is C#CCOc1c(Cl)cc([C@@H]2C(C(=O)OCC)=C(C)N=C3SC=CN32)cc1OC. The first-order chi connectivity index (χ1) is 13.5. The molecule has 6 nitrogen and oxygen atoms in total. The molecule has 2 heterocycles. The van der Waals surface area contributed by atoms with E-state index in [1.807, 2.05) is 16.5 Å². The minimum atomic E-state index is -0.453. The van der Waals surface area contributed by atoms with Crippen LogP contribution in [0.5, 0.6) is 11.5 Å². The van der Waals surface area contributed by atoms with Crippen molar-refractivity contribution < 1.29 is 19.0 Å². The van der Waals surface area contributed by atoms with Crippen LogP contribution in [-0.2, 0) is 9.53 Å². The van der Waals surface area contributed by atoms with Crippen molar-refractivity contribution in [3.05, 3.63) is 45.6 Å². The van der Waals surface area contributed by atoms with E-state index in [0.717, 1.165) is 10.7 Å². The maximum atomic E-state index is 12.7. The van der Waals surface area contributed by atoms with Crippen LogP contribution in [0.3, 0.4) is 0 Å². The summed E-state index contributed by atoms with van der Waals surface area (Å²) >= 11 is 7.94. The summed E-state index contributed by atoms with van der Waals surface area (Å²) in [6, 6.07) is 3.08. The van der Waals surface area contributed by atoms with E-state index >= 15 is 0 Å². The molecule has 3 rings (SSSR count). The quantitative estimate of drug-likeness (QED) is 0.511. The zero-order valence-electron chi connectivity index (χ0n) is 15.7. The number of fused-ring (bicyclic) bond motifs is 1. The highest BCUT2D eigenvalue weighted by Crippen LogP contribution is 2.45. The van der Waals surface area contributed by atoms with Gasteiger partial charge in [-0.05, 0) is 37.0 Å². The normalized spacial score (nSPS) is 17.8. The Labute approximate surface area is 173 Å². The van der Waals surface area contributed by atoms with E-state index in [4.69, 9.17) is 32.2 Å². The number of ether oxygens (including phenoxy) is 3. The van der Waals surface area contributed by atoms with E-state index in [1.165, 1.54) is 18.9 Å². The molecular weight excluding hydrogens is 400 g/mol. The number of allylic oxidation sites excluding steroid dienone is 1. The van der Waals surface area contributed by atoms with Crippen LogP contribution >= 0.6 is 23.4 Å². The van der Waals surface area contributed by atoms with Crippen LogP contribution in [0, 0.1) is 12.3 Å². The molecule has 1 atom stereocenters. The summed E-state index contributed by atoms with van der Waals surface area (Å²) in [4.78, 5) is 19.2. The van der Waals surface area contributed by atoms with E-state index in [-0.39, 0.29) is 13.2 Å². The van der Waals surface area contributed by atoms with Crippen LogP contribution in [0.1, 0.15) is 25.5 Å². The summed E-state index contributed by atoms with van der Waals surface area (Å²) in [7, 11) is 1.52.